The number of nitrogens with zero attached hydrogens (tertiary/aromatic N) is 5. The van der Waals surface area contributed by atoms with Crippen LogP contribution in [0.2, 0.25) is 0 Å². The molecule has 0 spiro atoms. The lowest BCUT2D eigenvalue weighted by atomic mass is 10.0. The Morgan fingerprint density at radius 2 is 1.83 bits per heavy atom. The lowest BCUT2D eigenvalue weighted by Crippen LogP contribution is -2.04. The van der Waals surface area contributed by atoms with Gasteiger partial charge >= 0.3 is 0 Å². The van der Waals surface area contributed by atoms with Gasteiger partial charge in [-0.2, -0.15) is 0 Å². The van der Waals surface area contributed by atoms with Crippen LogP contribution in [0.15, 0.2) is 78.2 Å². The number of H-pyrrole nitrogens is 1. The van der Waals surface area contributed by atoms with Crippen LogP contribution < -0.4 is 5.56 Å². The minimum Gasteiger partial charge on any atom is -0.351 e. The van der Waals surface area contributed by atoms with Crippen molar-refractivity contribution in [2.24, 2.45) is 7.05 Å². The Morgan fingerprint density at radius 1 is 0.933 bits per heavy atom. The van der Waals surface area contributed by atoms with Gasteiger partial charge in [0.15, 0.2) is 0 Å². The van der Waals surface area contributed by atoms with Gasteiger partial charge in [0.25, 0.3) is 5.56 Å². The second-order valence-electron chi connectivity index (χ2n) is 7.29. The Labute approximate surface area is 170 Å². The average Bonchev–Trinajstić information content (AvgIpc) is 3.33. The normalized spacial score (nSPS) is 11.6. The summed E-state index contributed by atoms with van der Waals surface area (Å²) in [5.74, 6) is 0. The first-order valence-electron chi connectivity index (χ1n) is 9.54. The molecule has 0 saturated carbocycles. The second-order valence-corrected chi connectivity index (χ2v) is 7.29. The molecule has 0 atom stereocenters. The summed E-state index contributed by atoms with van der Waals surface area (Å²) in [7, 11) is 2.03. The molecule has 0 aliphatic rings. The highest BCUT2D eigenvalue weighted by Gasteiger charge is 2.14. The van der Waals surface area contributed by atoms with E-state index in [2.05, 4.69) is 48.9 Å². The van der Waals surface area contributed by atoms with E-state index < -0.39 is 0 Å². The molecular weight excluding hydrogens is 376 g/mol. The zero-order chi connectivity index (χ0) is 20.2. The standard InChI is InChI=1S/C23H16N6O/c1-28-9-5-14-2-3-15(10-20(14)28)18-11-16(12-19-22(18)26-8-7-25-19)29-21-13-24-6-4-17(21)23(30)27-29/h2-13H,1H3,(H,27,30). The van der Waals surface area contributed by atoms with Crippen LogP contribution >= 0.6 is 0 Å². The SMILES string of the molecule is Cn1ccc2ccc(-c3cc(-n4[nH]c(=O)c5ccncc54)cc4nccnc34)cc21. The maximum atomic E-state index is 12.4. The molecule has 4 aromatic heterocycles. The largest absolute Gasteiger partial charge is 0.351 e. The molecule has 0 fully saturated rings. The molecule has 6 aromatic rings. The first-order chi connectivity index (χ1) is 14.7. The molecule has 0 aliphatic carbocycles. The second kappa shape index (κ2) is 6.12. The van der Waals surface area contributed by atoms with Crippen molar-refractivity contribution in [2.75, 3.05) is 0 Å². The first kappa shape index (κ1) is 16.7. The van der Waals surface area contributed by atoms with Gasteiger partial charge in [-0.05, 0) is 41.3 Å². The van der Waals surface area contributed by atoms with Crippen molar-refractivity contribution < 1.29 is 0 Å². The quantitative estimate of drug-likeness (QED) is 0.486. The Kier molecular flexibility index (Phi) is 3.40. The third-order valence-corrected chi connectivity index (χ3v) is 5.51. The smallest absolute Gasteiger partial charge is 0.272 e. The van der Waals surface area contributed by atoms with Crippen LogP contribution in [-0.4, -0.2) is 29.3 Å². The Bertz CT molecular complexity index is 1640. The van der Waals surface area contributed by atoms with Gasteiger partial charge in [-0.25, -0.2) is 0 Å². The molecule has 30 heavy (non-hydrogen) atoms. The van der Waals surface area contributed by atoms with E-state index in [-0.39, 0.29) is 5.56 Å². The number of aryl methyl sites for hydroxylation is 1. The van der Waals surface area contributed by atoms with Crippen molar-refractivity contribution in [3.05, 3.63) is 83.8 Å². The maximum absolute atomic E-state index is 12.4. The number of rotatable bonds is 2. The van der Waals surface area contributed by atoms with E-state index in [0.29, 0.717) is 5.39 Å². The number of nitrogens with one attached hydrogen (secondary N) is 1. The molecule has 0 aliphatic heterocycles. The molecular formula is C23H16N6O. The molecule has 2 aromatic carbocycles. The highest BCUT2D eigenvalue weighted by atomic mass is 16.1. The van der Waals surface area contributed by atoms with Gasteiger partial charge in [-0.3, -0.25) is 29.5 Å². The van der Waals surface area contributed by atoms with Crippen LogP contribution in [-0.2, 0) is 7.05 Å². The number of hydrogen-bond acceptors (Lipinski definition) is 4. The summed E-state index contributed by atoms with van der Waals surface area (Å²) in [6.45, 7) is 0. The fourth-order valence-electron chi connectivity index (χ4n) is 4.02. The van der Waals surface area contributed by atoms with Crippen molar-refractivity contribution in [2.45, 2.75) is 0 Å². The van der Waals surface area contributed by atoms with Gasteiger partial charge in [0.05, 0.1) is 33.8 Å². The summed E-state index contributed by atoms with van der Waals surface area (Å²) in [4.78, 5) is 25.7. The van der Waals surface area contributed by atoms with Crippen LogP contribution in [0.5, 0.6) is 0 Å². The highest BCUT2D eigenvalue weighted by molar-refractivity contribution is 5.96. The highest BCUT2D eigenvalue weighted by Crippen LogP contribution is 2.32. The van der Waals surface area contributed by atoms with E-state index in [0.717, 1.165) is 38.9 Å². The van der Waals surface area contributed by atoms with Crippen molar-refractivity contribution >= 4 is 32.8 Å². The number of hydrogen-bond donors (Lipinski definition) is 1. The molecule has 4 heterocycles. The van der Waals surface area contributed by atoms with Crippen LogP contribution in [0.1, 0.15) is 0 Å². The first-order valence-corrected chi connectivity index (χ1v) is 9.54. The fourth-order valence-corrected chi connectivity index (χ4v) is 4.02. The molecule has 1 N–H and O–H groups in total. The third-order valence-electron chi connectivity index (χ3n) is 5.51. The molecule has 144 valence electrons. The fraction of sp³-hybridized carbons (Fsp3) is 0.0435. The summed E-state index contributed by atoms with van der Waals surface area (Å²) in [5.41, 5.74) is 6.05. The van der Waals surface area contributed by atoms with Gasteiger partial charge in [0, 0.05) is 42.9 Å². The van der Waals surface area contributed by atoms with Gasteiger partial charge in [0.2, 0.25) is 0 Å². The van der Waals surface area contributed by atoms with Crippen molar-refractivity contribution in [3.8, 4) is 16.8 Å². The maximum Gasteiger partial charge on any atom is 0.272 e. The molecule has 6 rings (SSSR count). The summed E-state index contributed by atoms with van der Waals surface area (Å²) >= 11 is 0. The summed E-state index contributed by atoms with van der Waals surface area (Å²) in [6, 6.07) is 14.1. The van der Waals surface area contributed by atoms with Crippen molar-refractivity contribution in [1.29, 1.82) is 0 Å². The van der Waals surface area contributed by atoms with Crippen LogP contribution in [0, 0.1) is 0 Å². The average molecular weight is 392 g/mol. The van der Waals surface area contributed by atoms with Crippen LogP contribution in [0.4, 0.5) is 0 Å². The van der Waals surface area contributed by atoms with Crippen LogP contribution in [0.3, 0.4) is 0 Å². The van der Waals surface area contributed by atoms with Crippen LogP contribution in [0.25, 0.3) is 49.7 Å². The molecule has 0 amide bonds. The topological polar surface area (TPSA) is 81.4 Å². The lowest BCUT2D eigenvalue weighted by Gasteiger charge is -2.11. The lowest BCUT2D eigenvalue weighted by molar-refractivity contribution is 0.890. The number of aromatic amines is 1. The Hall–Kier alpha value is -4.26. The predicted molar refractivity (Wildman–Crippen MR) is 117 cm³/mol. The molecule has 7 heteroatoms. The van der Waals surface area contributed by atoms with Gasteiger partial charge in [0.1, 0.15) is 0 Å². The summed E-state index contributed by atoms with van der Waals surface area (Å²) in [6.07, 6.45) is 8.72. The van der Waals surface area contributed by atoms with E-state index in [4.69, 9.17) is 0 Å². The molecule has 0 saturated heterocycles. The third kappa shape index (κ3) is 2.39. The predicted octanol–water partition coefficient (Wildman–Crippen LogP) is 3.82. The van der Waals surface area contributed by atoms with Gasteiger partial charge < -0.3 is 4.57 Å². The summed E-state index contributed by atoms with van der Waals surface area (Å²) < 4.78 is 3.85. The molecule has 0 radical (unpaired) electrons. The zero-order valence-corrected chi connectivity index (χ0v) is 16.1. The van der Waals surface area contributed by atoms with Crippen molar-refractivity contribution in [3.63, 3.8) is 0 Å². The van der Waals surface area contributed by atoms with E-state index in [9.17, 15) is 4.79 Å². The monoisotopic (exact) mass is 392 g/mol. The van der Waals surface area contributed by atoms with Crippen molar-refractivity contribution in [1.82, 2.24) is 29.3 Å². The number of aromatic nitrogens is 6. The Balaban J connectivity index is 1.67. The zero-order valence-electron chi connectivity index (χ0n) is 16.1. The van der Waals surface area contributed by atoms with Gasteiger partial charge in [-0.15, -0.1) is 0 Å². The molecule has 0 unspecified atom stereocenters. The molecule has 7 nitrogen and oxygen atoms in total. The minimum absolute atomic E-state index is 0.154. The van der Waals surface area contributed by atoms with E-state index in [1.165, 1.54) is 5.39 Å². The van der Waals surface area contributed by atoms with E-state index in [1.54, 1.807) is 35.5 Å². The molecule has 0 bridgehead atoms. The Morgan fingerprint density at radius 3 is 2.77 bits per heavy atom. The number of pyridine rings is 1. The number of fused-ring (bicyclic) bond motifs is 3. The summed E-state index contributed by atoms with van der Waals surface area (Å²) in [5, 5.41) is 4.69. The minimum atomic E-state index is -0.154. The van der Waals surface area contributed by atoms with E-state index >= 15 is 0 Å². The number of benzene rings is 2. The van der Waals surface area contributed by atoms with E-state index in [1.807, 2.05) is 25.4 Å². The van der Waals surface area contributed by atoms with Gasteiger partial charge in [-0.1, -0.05) is 12.1 Å².